The lowest BCUT2D eigenvalue weighted by Gasteiger charge is -2.07. The molecule has 6 nitrogen and oxygen atoms in total. The van der Waals surface area contributed by atoms with Gasteiger partial charge in [-0.2, -0.15) is 5.26 Å². The summed E-state index contributed by atoms with van der Waals surface area (Å²) in [6.07, 6.45) is 0. The lowest BCUT2D eigenvalue weighted by Crippen LogP contribution is -2.12. The van der Waals surface area contributed by atoms with Crippen LogP contribution in [0.25, 0.3) is 21.6 Å². The smallest absolute Gasteiger partial charge is 0.266 e. The van der Waals surface area contributed by atoms with Crippen LogP contribution in [0.4, 0.5) is 5.69 Å². The number of rotatable bonds is 2. The van der Waals surface area contributed by atoms with Crippen LogP contribution in [0.5, 0.6) is 0 Å². The third-order valence-corrected chi connectivity index (χ3v) is 2.63. The molecule has 0 spiro atoms. The summed E-state index contributed by atoms with van der Waals surface area (Å²) in [5.74, 6) is 0. The van der Waals surface area contributed by atoms with Crippen molar-refractivity contribution in [3.63, 3.8) is 0 Å². The van der Waals surface area contributed by atoms with E-state index in [1.165, 1.54) is 0 Å². The summed E-state index contributed by atoms with van der Waals surface area (Å²) < 4.78 is 0. The molecule has 0 fully saturated rings. The molecular weight excluding hydrogens is 242 g/mol. The number of azide groups is 1. The Bertz CT molecular complexity index is 778. The first kappa shape index (κ1) is 12.4. The van der Waals surface area contributed by atoms with Gasteiger partial charge in [-0.25, -0.2) is 0 Å². The number of nitrogens with zero attached hydrogens (tertiary/aromatic N) is 4. The fraction of sp³-hybridized carbons (Fsp3) is 0.0769. The number of aromatic amines is 1. The molecule has 1 aromatic heterocycles. The third-order valence-electron chi connectivity index (χ3n) is 2.63. The van der Waals surface area contributed by atoms with Gasteiger partial charge in [-0.3, -0.25) is 4.79 Å². The molecule has 0 amide bonds. The molecule has 19 heavy (non-hydrogen) atoms. The molecule has 1 aromatic carbocycles. The molecule has 0 radical (unpaired) electrons. The average Bonchev–Trinajstić information content (AvgIpc) is 2.39. The number of H-pyrrole nitrogens is 1. The van der Waals surface area contributed by atoms with E-state index in [4.69, 9.17) is 10.8 Å². The Morgan fingerprint density at radius 3 is 2.79 bits per heavy atom. The van der Waals surface area contributed by atoms with Gasteiger partial charge >= 0.3 is 0 Å². The van der Waals surface area contributed by atoms with Crippen molar-refractivity contribution >= 4 is 5.69 Å². The van der Waals surface area contributed by atoms with Crippen molar-refractivity contribution in [1.29, 1.82) is 5.26 Å². The molecule has 92 valence electrons. The summed E-state index contributed by atoms with van der Waals surface area (Å²) >= 11 is 0. The molecule has 0 aliphatic rings. The zero-order valence-corrected chi connectivity index (χ0v) is 10.1. The van der Waals surface area contributed by atoms with E-state index in [0.717, 1.165) is 0 Å². The molecule has 6 heteroatoms. The second-order valence-electron chi connectivity index (χ2n) is 3.89. The second kappa shape index (κ2) is 5.08. The summed E-state index contributed by atoms with van der Waals surface area (Å²) in [6.45, 7) is 1.72. The number of aryl methyl sites for hydroxylation is 1. The fourth-order valence-electron chi connectivity index (χ4n) is 1.85. The summed E-state index contributed by atoms with van der Waals surface area (Å²) in [5.41, 5.74) is 10.1. The molecule has 1 heterocycles. The van der Waals surface area contributed by atoms with Crippen molar-refractivity contribution in [1.82, 2.24) is 4.98 Å². The molecule has 0 unspecified atom stereocenters. The Morgan fingerprint density at radius 2 is 2.11 bits per heavy atom. The molecule has 0 saturated heterocycles. The highest BCUT2D eigenvalue weighted by atomic mass is 16.1. The highest BCUT2D eigenvalue weighted by molar-refractivity contribution is 5.79. The van der Waals surface area contributed by atoms with E-state index in [0.29, 0.717) is 22.5 Å². The predicted octanol–water partition coefficient (Wildman–Crippen LogP) is 3.16. The number of benzene rings is 1. The first-order chi connectivity index (χ1) is 9.17. The molecule has 2 rings (SSSR count). The van der Waals surface area contributed by atoms with Gasteiger partial charge in [0, 0.05) is 21.9 Å². The minimum atomic E-state index is -0.451. The minimum absolute atomic E-state index is 0.00573. The van der Waals surface area contributed by atoms with E-state index >= 15 is 0 Å². The SMILES string of the molecule is Cc1cc(-c2ccccc2N=[N+]=[N-])c(C#N)c(=O)[nH]1. The fourth-order valence-corrected chi connectivity index (χ4v) is 1.85. The third kappa shape index (κ3) is 2.32. The molecule has 0 atom stereocenters. The summed E-state index contributed by atoms with van der Waals surface area (Å²) in [4.78, 5) is 17.1. The minimum Gasteiger partial charge on any atom is -0.325 e. The van der Waals surface area contributed by atoms with E-state index in [2.05, 4.69) is 15.0 Å². The Balaban J connectivity index is 2.83. The summed E-state index contributed by atoms with van der Waals surface area (Å²) in [6, 6.07) is 10.4. The average molecular weight is 251 g/mol. The van der Waals surface area contributed by atoms with Gasteiger partial charge in [-0.1, -0.05) is 29.4 Å². The predicted molar refractivity (Wildman–Crippen MR) is 70.8 cm³/mol. The van der Waals surface area contributed by atoms with Gasteiger partial charge in [0.25, 0.3) is 5.56 Å². The summed E-state index contributed by atoms with van der Waals surface area (Å²) in [7, 11) is 0. The van der Waals surface area contributed by atoms with E-state index in [1.54, 1.807) is 37.3 Å². The molecule has 0 aliphatic heterocycles. The van der Waals surface area contributed by atoms with E-state index in [-0.39, 0.29) is 5.56 Å². The van der Waals surface area contributed by atoms with Crippen molar-refractivity contribution < 1.29 is 0 Å². The monoisotopic (exact) mass is 251 g/mol. The van der Waals surface area contributed by atoms with Crippen molar-refractivity contribution in [3.05, 3.63) is 62.4 Å². The zero-order chi connectivity index (χ0) is 13.8. The number of nitrogens with one attached hydrogen (secondary N) is 1. The lowest BCUT2D eigenvalue weighted by atomic mass is 9.99. The van der Waals surface area contributed by atoms with Gasteiger partial charge in [0.2, 0.25) is 0 Å². The van der Waals surface area contributed by atoms with Gasteiger partial charge in [0.15, 0.2) is 0 Å². The van der Waals surface area contributed by atoms with Gasteiger partial charge in [0.1, 0.15) is 11.6 Å². The van der Waals surface area contributed by atoms with Crippen LogP contribution in [0.3, 0.4) is 0 Å². The molecule has 0 bridgehead atoms. The van der Waals surface area contributed by atoms with Crippen LogP contribution in [0, 0.1) is 18.3 Å². The molecule has 2 aromatic rings. The first-order valence-electron chi connectivity index (χ1n) is 5.46. The lowest BCUT2D eigenvalue weighted by molar-refractivity contribution is 1.13. The quantitative estimate of drug-likeness (QED) is 0.503. The maximum Gasteiger partial charge on any atom is 0.266 e. The number of pyridine rings is 1. The van der Waals surface area contributed by atoms with Crippen LogP contribution in [0.2, 0.25) is 0 Å². The van der Waals surface area contributed by atoms with Crippen molar-refractivity contribution in [2.45, 2.75) is 6.92 Å². The normalized spacial score (nSPS) is 9.47. The number of aromatic nitrogens is 1. The highest BCUT2D eigenvalue weighted by Gasteiger charge is 2.12. The Morgan fingerprint density at radius 1 is 1.37 bits per heavy atom. The largest absolute Gasteiger partial charge is 0.325 e. The Kier molecular flexibility index (Phi) is 3.33. The van der Waals surface area contributed by atoms with Gasteiger partial charge in [-0.15, -0.1) is 0 Å². The topological polar surface area (TPSA) is 105 Å². The van der Waals surface area contributed by atoms with Crippen LogP contribution in [-0.2, 0) is 0 Å². The highest BCUT2D eigenvalue weighted by Crippen LogP contribution is 2.31. The van der Waals surface area contributed by atoms with Crippen LogP contribution in [0.1, 0.15) is 11.3 Å². The maximum atomic E-state index is 11.8. The van der Waals surface area contributed by atoms with Gasteiger partial charge in [-0.05, 0) is 24.1 Å². The standard InChI is InChI=1S/C13H9N5O/c1-8-6-10(11(7-14)13(19)16-8)9-4-2-3-5-12(9)17-18-15/h2-6H,1H3,(H,16,19). The molecule has 0 saturated carbocycles. The van der Waals surface area contributed by atoms with Crippen LogP contribution >= 0.6 is 0 Å². The summed E-state index contributed by atoms with van der Waals surface area (Å²) in [5, 5.41) is 12.7. The van der Waals surface area contributed by atoms with E-state index in [9.17, 15) is 4.79 Å². The Labute approximate surface area is 108 Å². The van der Waals surface area contributed by atoms with Crippen molar-refractivity contribution in [3.8, 4) is 17.2 Å². The number of hydrogen-bond acceptors (Lipinski definition) is 3. The van der Waals surface area contributed by atoms with Gasteiger partial charge in [0.05, 0.1) is 0 Å². The first-order valence-corrected chi connectivity index (χ1v) is 5.46. The second-order valence-corrected chi connectivity index (χ2v) is 3.89. The number of hydrogen-bond donors (Lipinski definition) is 1. The maximum absolute atomic E-state index is 11.8. The van der Waals surface area contributed by atoms with Crippen molar-refractivity contribution in [2.75, 3.05) is 0 Å². The van der Waals surface area contributed by atoms with Crippen LogP contribution in [-0.4, -0.2) is 4.98 Å². The number of nitriles is 1. The van der Waals surface area contributed by atoms with Crippen molar-refractivity contribution in [2.24, 2.45) is 5.11 Å². The van der Waals surface area contributed by atoms with Gasteiger partial charge < -0.3 is 4.98 Å². The molecule has 0 aliphatic carbocycles. The molecular formula is C13H9N5O. The van der Waals surface area contributed by atoms with Crippen LogP contribution in [0.15, 0.2) is 40.2 Å². The van der Waals surface area contributed by atoms with E-state index in [1.807, 2.05) is 6.07 Å². The molecule has 1 N–H and O–H groups in total. The van der Waals surface area contributed by atoms with Crippen LogP contribution < -0.4 is 5.56 Å². The Hall–Kier alpha value is -3.03. The zero-order valence-electron chi connectivity index (χ0n) is 10.1. The van der Waals surface area contributed by atoms with E-state index < -0.39 is 5.56 Å².